The lowest BCUT2D eigenvalue weighted by Crippen LogP contribution is -2.35. The Labute approximate surface area is 121 Å². The highest BCUT2D eigenvalue weighted by Crippen LogP contribution is 2.37. The fourth-order valence-electron chi connectivity index (χ4n) is 2.37. The van der Waals surface area contributed by atoms with Crippen LogP contribution in [0.5, 0.6) is 0 Å². The molecule has 2 unspecified atom stereocenters. The number of rotatable bonds is 6. The maximum atomic E-state index is 14.4. The van der Waals surface area contributed by atoms with E-state index >= 15 is 0 Å². The Morgan fingerprint density at radius 3 is 2.80 bits per heavy atom. The van der Waals surface area contributed by atoms with Gasteiger partial charge in [0.15, 0.2) is 11.6 Å². The van der Waals surface area contributed by atoms with Gasteiger partial charge in [0.25, 0.3) is 0 Å². The van der Waals surface area contributed by atoms with Crippen molar-refractivity contribution in [3.63, 3.8) is 0 Å². The highest BCUT2D eigenvalue weighted by atomic mass is 19.1. The minimum absolute atomic E-state index is 0.0218. The Bertz CT molecular complexity index is 454. The van der Waals surface area contributed by atoms with E-state index in [1.807, 2.05) is 0 Å². The SMILES string of the molecule is CCCC1CC1Nc1nccc(CNC(C)(C)C)c1F. The molecule has 1 aliphatic carbocycles. The molecule has 0 bridgehead atoms. The molecule has 1 aromatic rings. The van der Waals surface area contributed by atoms with Crippen molar-refractivity contribution in [3.05, 3.63) is 23.6 Å². The van der Waals surface area contributed by atoms with Crippen molar-refractivity contribution in [1.29, 1.82) is 0 Å². The van der Waals surface area contributed by atoms with Crippen molar-refractivity contribution in [2.45, 2.75) is 65.1 Å². The normalized spacial score (nSPS) is 21.9. The summed E-state index contributed by atoms with van der Waals surface area (Å²) in [5, 5.41) is 6.55. The summed E-state index contributed by atoms with van der Waals surface area (Å²) in [6.45, 7) is 8.93. The molecule has 2 N–H and O–H groups in total. The molecule has 1 heterocycles. The number of halogens is 1. The number of anilines is 1. The molecule has 2 rings (SSSR count). The fourth-order valence-corrected chi connectivity index (χ4v) is 2.37. The minimum atomic E-state index is -0.216. The zero-order valence-electron chi connectivity index (χ0n) is 13.0. The van der Waals surface area contributed by atoms with Crippen LogP contribution in [0.15, 0.2) is 12.3 Å². The predicted octanol–water partition coefficient (Wildman–Crippen LogP) is 3.71. The van der Waals surface area contributed by atoms with Gasteiger partial charge in [-0.15, -0.1) is 0 Å². The summed E-state index contributed by atoms with van der Waals surface area (Å²) in [6.07, 6.45) is 5.22. The lowest BCUT2D eigenvalue weighted by atomic mass is 10.1. The van der Waals surface area contributed by atoms with Crippen LogP contribution in [-0.2, 0) is 6.54 Å². The second-order valence-electron chi connectivity index (χ2n) is 6.77. The third-order valence-electron chi connectivity index (χ3n) is 3.68. The van der Waals surface area contributed by atoms with Crippen LogP contribution in [0.2, 0.25) is 0 Å². The van der Waals surface area contributed by atoms with Crippen LogP contribution >= 0.6 is 0 Å². The number of hydrogen-bond donors (Lipinski definition) is 2. The van der Waals surface area contributed by atoms with Gasteiger partial charge in [0.05, 0.1) is 0 Å². The number of pyridine rings is 1. The van der Waals surface area contributed by atoms with Crippen LogP contribution in [0.25, 0.3) is 0 Å². The third kappa shape index (κ3) is 4.17. The van der Waals surface area contributed by atoms with Gasteiger partial charge in [-0.3, -0.25) is 0 Å². The summed E-state index contributed by atoms with van der Waals surface area (Å²) >= 11 is 0. The van der Waals surface area contributed by atoms with E-state index in [-0.39, 0.29) is 11.4 Å². The van der Waals surface area contributed by atoms with Crippen molar-refractivity contribution < 1.29 is 4.39 Å². The monoisotopic (exact) mass is 279 g/mol. The first-order chi connectivity index (χ1) is 9.40. The molecule has 2 atom stereocenters. The van der Waals surface area contributed by atoms with E-state index in [1.54, 1.807) is 12.3 Å². The Balaban J connectivity index is 1.97. The summed E-state index contributed by atoms with van der Waals surface area (Å²) in [4.78, 5) is 4.14. The van der Waals surface area contributed by atoms with E-state index in [9.17, 15) is 4.39 Å². The minimum Gasteiger partial charge on any atom is -0.365 e. The van der Waals surface area contributed by atoms with Gasteiger partial charge in [0.1, 0.15) is 0 Å². The highest BCUT2D eigenvalue weighted by Gasteiger charge is 2.36. The third-order valence-corrected chi connectivity index (χ3v) is 3.68. The molecule has 0 aliphatic heterocycles. The van der Waals surface area contributed by atoms with Crippen molar-refractivity contribution in [1.82, 2.24) is 10.3 Å². The standard InChI is InChI=1S/C16H26FN3/c1-5-6-11-9-13(11)20-15-14(17)12(7-8-18-15)10-19-16(2,3)4/h7-8,11,13,19H,5-6,9-10H2,1-4H3,(H,18,20). The van der Waals surface area contributed by atoms with Gasteiger partial charge in [0, 0.05) is 29.9 Å². The van der Waals surface area contributed by atoms with Gasteiger partial charge >= 0.3 is 0 Å². The maximum absolute atomic E-state index is 14.4. The molecular weight excluding hydrogens is 253 g/mol. The number of hydrogen-bond acceptors (Lipinski definition) is 3. The molecule has 0 spiro atoms. The molecule has 1 saturated carbocycles. The van der Waals surface area contributed by atoms with E-state index in [2.05, 4.69) is 43.3 Å². The largest absolute Gasteiger partial charge is 0.365 e. The van der Waals surface area contributed by atoms with Crippen LogP contribution < -0.4 is 10.6 Å². The smallest absolute Gasteiger partial charge is 0.169 e. The molecule has 1 aromatic heterocycles. The van der Waals surface area contributed by atoms with Crippen LogP contribution in [-0.4, -0.2) is 16.6 Å². The summed E-state index contributed by atoms with van der Waals surface area (Å²) in [5.74, 6) is 0.880. The zero-order chi connectivity index (χ0) is 14.8. The summed E-state index contributed by atoms with van der Waals surface area (Å²) in [7, 11) is 0. The Hall–Kier alpha value is -1.16. The van der Waals surface area contributed by atoms with Crippen molar-refractivity contribution in [2.24, 2.45) is 5.92 Å². The van der Waals surface area contributed by atoms with Gasteiger partial charge in [-0.25, -0.2) is 9.37 Å². The molecule has 20 heavy (non-hydrogen) atoms. The average molecular weight is 279 g/mol. The summed E-state index contributed by atoms with van der Waals surface area (Å²) in [5.41, 5.74) is 0.650. The Kier molecular flexibility index (Phi) is 4.63. The van der Waals surface area contributed by atoms with Crippen LogP contribution in [0, 0.1) is 11.7 Å². The fraction of sp³-hybridized carbons (Fsp3) is 0.688. The van der Waals surface area contributed by atoms with Crippen molar-refractivity contribution in [3.8, 4) is 0 Å². The second-order valence-corrected chi connectivity index (χ2v) is 6.77. The van der Waals surface area contributed by atoms with E-state index in [0.29, 0.717) is 29.9 Å². The van der Waals surface area contributed by atoms with Crippen LogP contribution in [0.1, 0.15) is 52.5 Å². The Morgan fingerprint density at radius 1 is 1.40 bits per heavy atom. The van der Waals surface area contributed by atoms with Gasteiger partial charge in [-0.1, -0.05) is 13.3 Å². The number of nitrogens with one attached hydrogen (secondary N) is 2. The molecule has 1 fully saturated rings. The van der Waals surface area contributed by atoms with Gasteiger partial charge in [-0.05, 0) is 45.6 Å². The topological polar surface area (TPSA) is 37.0 Å². The number of nitrogens with zero attached hydrogens (tertiary/aromatic N) is 1. The summed E-state index contributed by atoms with van der Waals surface area (Å²) < 4.78 is 14.4. The van der Waals surface area contributed by atoms with E-state index < -0.39 is 0 Å². The molecule has 0 saturated heterocycles. The maximum Gasteiger partial charge on any atom is 0.169 e. The molecule has 0 aromatic carbocycles. The average Bonchev–Trinajstić information content (AvgIpc) is 3.08. The van der Waals surface area contributed by atoms with Crippen molar-refractivity contribution >= 4 is 5.82 Å². The zero-order valence-corrected chi connectivity index (χ0v) is 13.0. The van der Waals surface area contributed by atoms with E-state index in [4.69, 9.17) is 0 Å². The lowest BCUT2D eigenvalue weighted by molar-refractivity contribution is 0.418. The summed E-state index contributed by atoms with van der Waals surface area (Å²) in [6, 6.07) is 2.15. The van der Waals surface area contributed by atoms with Gasteiger partial charge in [0.2, 0.25) is 0 Å². The van der Waals surface area contributed by atoms with Crippen LogP contribution in [0.3, 0.4) is 0 Å². The molecular formula is C16H26FN3. The first kappa shape index (κ1) is 15.2. The van der Waals surface area contributed by atoms with E-state index in [0.717, 1.165) is 6.42 Å². The molecule has 0 amide bonds. The Morgan fingerprint density at radius 2 is 2.15 bits per heavy atom. The van der Waals surface area contributed by atoms with E-state index in [1.165, 1.54) is 12.8 Å². The lowest BCUT2D eigenvalue weighted by Gasteiger charge is -2.21. The first-order valence-electron chi connectivity index (χ1n) is 7.55. The molecule has 112 valence electrons. The first-order valence-corrected chi connectivity index (χ1v) is 7.55. The number of aromatic nitrogens is 1. The molecule has 0 radical (unpaired) electrons. The molecule has 1 aliphatic rings. The van der Waals surface area contributed by atoms with Crippen molar-refractivity contribution in [2.75, 3.05) is 5.32 Å². The quantitative estimate of drug-likeness (QED) is 0.833. The molecule has 3 nitrogen and oxygen atoms in total. The highest BCUT2D eigenvalue weighted by molar-refractivity contribution is 5.42. The van der Waals surface area contributed by atoms with Crippen LogP contribution in [0.4, 0.5) is 10.2 Å². The predicted molar refractivity (Wildman–Crippen MR) is 81.2 cm³/mol. The van der Waals surface area contributed by atoms with Gasteiger partial charge < -0.3 is 10.6 Å². The molecule has 4 heteroatoms. The van der Waals surface area contributed by atoms with Gasteiger partial charge in [-0.2, -0.15) is 0 Å². The second kappa shape index (κ2) is 6.08.